The third-order valence-electron chi connectivity index (χ3n) is 3.47. The first-order valence-corrected chi connectivity index (χ1v) is 8.80. The third kappa shape index (κ3) is 3.50. The number of methoxy groups -OCH3 is 1. The van der Waals surface area contributed by atoms with E-state index in [0.29, 0.717) is 11.4 Å². The molecule has 0 aliphatic carbocycles. The average Bonchev–Trinajstić information content (AvgIpc) is 3.40. The number of benzene rings is 1. The molecule has 2 heterocycles. The van der Waals surface area contributed by atoms with Crippen LogP contribution in [0.2, 0.25) is 0 Å². The number of anilines is 1. The standard InChI is InChI=1S/C14H19N4O3P/c1-21-13-4-2-3-12(11-13)16-14(19)15-5-10-22(20,17-6-7-17)18-8-9-18/h2-5,10-11H,6-9H2,1H3,(H2,15,16,19). The van der Waals surface area contributed by atoms with Crippen molar-refractivity contribution in [3.8, 4) is 5.75 Å². The van der Waals surface area contributed by atoms with E-state index in [-0.39, 0.29) is 6.03 Å². The summed E-state index contributed by atoms with van der Waals surface area (Å²) >= 11 is 0. The van der Waals surface area contributed by atoms with Crippen molar-refractivity contribution in [1.29, 1.82) is 0 Å². The fourth-order valence-electron chi connectivity index (χ4n) is 2.11. The van der Waals surface area contributed by atoms with E-state index in [2.05, 4.69) is 10.6 Å². The van der Waals surface area contributed by atoms with Crippen molar-refractivity contribution >= 4 is 19.2 Å². The Kier molecular flexibility index (Phi) is 4.20. The van der Waals surface area contributed by atoms with Crippen molar-refractivity contribution in [1.82, 2.24) is 14.7 Å². The van der Waals surface area contributed by atoms with Crippen LogP contribution in [0, 0.1) is 0 Å². The molecule has 2 saturated heterocycles. The first-order chi connectivity index (χ1) is 10.6. The molecule has 0 spiro atoms. The Labute approximate surface area is 129 Å². The minimum atomic E-state index is -2.57. The molecule has 118 valence electrons. The Morgan fingerprint density at radius 1 is 1.27 bits per heavy atom. The second-order valence-electron chi connectivity index (χ2n) is 5.14. The minimum Gasteiger partial charge on any atom is -0.497 e. The van der Waals surface area contributed by atoms with Crippen molar-refractivity contribution in [3.05, 3.63) is 36.3 Å². The maximum absolute atomic E-state index is 12.7. The van der Waals surface area contributed by atoms with Crippen LogP contribution in [0.4, 0.5) is 10.5 Å². The van der Waals surface area contributed by atoms with Gasteiger partial charge in [0.05, 0.1) is 7.11 Å². The summed E-state index contributed by atoms with van der Waals surface area (Å²) in [6.45, 7) is 3.42. The topological polar surface area (TPSA) is 73.5 Å². The van der Waals surface area contributed by atoms with Crippen molar-refractivity contribution in [2.75, 3.05) is 38.6 Å². The number of hydrogen-bond donors (Lipinski definition) is 2. The van der Waals surface area contributed by atoms with Crippen LogP contribution in [0.15, 0.2) is 36.3 Å². The number of nitrogens with one attached hydrogen (secondary N) is 2. The van der Waals surface area contributed by atoms with Gasteiger partial charge in [-0.25, -0.2) is 14.1 Å². The van der Waals surface area contributed by atoms with E-state index < -0.39 is 7.44 Å². The normalized spacial score (nSPS) is 18.2. The van der Waals surface area contributed by atoms with Crippen molar-refractivity contribution in [2.24, 2.45) is 0 Å². The van der Waals surface area contributed by atoms with Gasteiger partial charge in [0.15, 0.2) is 0 Å². The van der Waals surface area contributed by atoms with E-state index in [9.17, 15) is 9.36 Å². The van der Waals surface area contributed by atoms with Crippen LogP contribution in [0.3, 0.4) is 0 Å². The summed E-state index contributed by atoms with van der Waals surface area (Å²) in [5.74, 6) is 2.28. The molecule has 2 fully saturated rings. The fraction of sp³-hybridized carbons (Fsp3) is 0.357. The fourth-order valence-corrected chi connectivity index (χ4v) is 4.44. The first-order valence-electron chi connectivity index (χ1n) is 7.12. The maximum Gasteiger partial charge on any atom is 0.323 e. The summed E-state index contributed by atoms with van der Waals surface area (Å²) in [5.41, 5.74) is 0.630. The molecule has 8 heteroatoms. The van der Waals surface area contributed by atoms with E-state index in [4.69, 9.17) is 4.74 Å². The Morgan fingerprint density at radius 3 is 2.55 bits per heavy atom. The van der Waals surface area contributed by atoms with Crippen LogP contribution in [0.1, 0.15) is 0 Å². The Bertz CT molecular complexity index is 625. The number of carbonyl (C=O) groups is 1. The number of amides is 2. The molecule has 7 nitrogen and oxygen atoms in total. The predicted molar refractivity (Wildman–Crippen MR) is 85.0 cm³/mol. The zero-order valence-corrected chi connectivity index (χ0v) is 13.3. The van der Waals surface area contributed by atoms with Gasteiger partial charge in [0.25, 0.3) is 0 Å². The van der Waals surface area contributed by atoms with E-state index in [0.717, 1.165) is 26.2 Å². The molecule has 2 N–H and O–H groups in total. The molecule has 0 atom stereocenters. The van der Waals surface area contributed by atoms with Gasteiger partial charge in [0.2, 0.25) is 7.44 Å². The Balaban J connectivity index is 1.55. The summed E-state index contributed by atoms with van der Waals surface area (Å²) in [6.07, 6.45) is 1.47. The molecule has 2 aliphatic heterocycles. The van der Waals surface area contributed by atoms with Crippen LogP contribution >= 0.6 is 7.44 Å². The second kappa shape index (κ2) is 6.12. The molecule has 1 aromatic rings. The molecular weight excluding hydrogens is 303 g/mol. The lowest BCUT2D eigenvalue weighted by atomic mass is 10.3. The molecule has 0 bridgehead atoms. The van der Waals surface area contributed by atoms with E-state index in [1.54, 1.807) is 37.2 Å². The molecule has 0 radical (unpaired) electrons. The second-order valence-corrected chi connectivity index (χ2v) is 7.75. The number of urea groups is 1. The molecule has 22 heavy (non-hydrogen) atoms. The number of ether oxygens (including phenoxy) is 1. The molecule has 0 unspecified atom stereocenters. The Morgan fingerprint density at radius 2 is 1.95 bits per heavy atom. The summed E-state index contributed by atoms with van der Waals surface area (Å²) in [5, 5.41) is 5.29. The average molecular weight is 322 g/mol. The van der Waals surface area contributed by atoms with Crippen LogP contribution in [-0.4, -0.2) is 48.7 Å². The number of rotatable bonds is 6. The first kappa shape index (κ1) is 15.1. The molecule has 2 aliphatic rings. The van der Waals surface area contributed by atoms with Crippen molar-refractivity contribution in [3.63, 3.8) is 0 Å². The lowest BCUT2D eigenvalue weighted by Gasteiger charge is -2.15. The van der Waals surface area contributed by atoms with Crippen LogP contribution in [-0.2, 0) is 4.57 Å². The monoisotopic (exact) mass is 322 g/mol. The van der Waals surface area contributed by atoms with Gasteiger partial charge < -0.3 is 15.4 Å². The highest BCUT2D eigenvalue weighted by Crippen LogP contribution is 2.61. The smallest absolute Gasteiger partial charge is 0.323 e. The lowest BCUT2D eigenvalue weighted by Crippen LogP contribution is -2.23. The third-order valence-corrected chi connectivity index (χ3v) is 6.43. The van der Waals surface area contributed by atoms with Crippen LogP contribution < -0.4 is 15.4 Å². The van der Waals surface area contributed by atoms with E-state index >= 15 is 0 Å². The summed E-state index contributed by atoms with van der Waals surface area (Å²) in [7, 11) is -0.999. The van der Waals surface area contributed by atoms with E-state index in [1.165, 1.54) is 6.20 Å². The summed E-state index contributed by atoms with van der Waals surface area (Å²) in [6, 6.07) is 6.70. The zero-order chi connectivity index (χ0) is 15.6. The van der Waals surface area contributed by atoms with Gasteiger partial charge in [0.1, 0.15) is 5.75 Å². The van der Waals surface area contributed by atoms with Gasteiger partial charge in [-0.2, -0.15) is 0 Å². The molecule has 0 aromatic heterocycles. The minimum absolute atomic E-state index is 0.382. The van der Waals surface area contributed by atoms with Gasteiger partial charge in [-0.05, 0) is 12.1 Å². The summed E-state index contributed by atoms with van der Waals surface area (Å²) < 4.78 is 21.7. The van der Waals surface area contributed by atoms with Gasteiger partial charge in [-0.15, -0.1) is 0 Å². The SMILES string of the molecule is COc1cccc(NC(=O)NC=CP(=O)(N2CC2)N2CC2)c1. The highest BCUT2D eigenvalue weighted by atomic mass is 31.2. The van der Waals surface area contributed by atoms with Crippen LogP contribution in [0.5, 0.6) is 5.75 Å². The summed E-state index contributed by atoms with van der Waals surface area (Å²) in [4.78, 5) is 11.8. The quantitative estimate of drug-likeness (QED) is 0.620. The van der Waals surface area contributed by atoms with Gasteiger partial charge in [-0.1, -0.05) is 6.07 Å². The highest BCUT2D eigenvalue weighted by Gasteiger charge is 2.45. The molecule has 2 amide bonds. The number of carbonyl (C=O) groups excluding carboxylic acids is 1. The van der Waals surface area contributed by atoms with Gasteiger partial charge in [-0.3, -0.25) is 4.57 Å². The number of nitrogens with zero attached hydrogens (tertiary/aromatic N) is 2. The molecule has 3 rings (SSSR count). The van der Waals surface area contributed by atoms with Gasteiger partial charge >= 0.3 is 6.03 Å². The molecule has 0 saturated carbocycles. The Hall–Kier alpha value is -1.82. The molecule has 1 aromatic carbocycles. The zero-order valence-electron chi connectivity index (χ0n) is 12.4. The van der Waals surface area contributed by atoms with E-state index in [1.807, 2.05) is 9.34 Å². The van der Waals surface area contributed by atoms with Crippen LogP contribution in [0.25, 0.3) is 0 Å². The lowest BCUT2D eigenvalue weighted by molar-refractivity contribution is 0.255. The van der Waals surface area contributed by atoms with Gasteiger partial charge in [0, 0.05) is 49.9 Å². The molecular formula is C14H19N4O3P. The predicted octanol–water partition coefficient (Wildman–Crippen LogP) is 2.11. The van der Waals surface area contributed by atoms with Crippen molar-refractivity contribution < 1.29 is 14.1 Å². The maximum atomic E-state index is 12.7. The number of hydrogen-bond acceptors (Lipinski definition) is 3. The van der Waals surface area contributed by atoms with Crippen molar-refractivity contribution in [2.45, 2.75) is 0 Å². The largest absolute Gasteiger partial charge is 0.497 e. The highest BCUT2D eigenvalue weighted by molar-refractivity contribution is 7.62.